The standard InChI is InChI=1S/C9H8ClNOS/c10-9-6-3-1-2-4-7(6)13-8(9)5-11-12/h1-4,11-12H,5H2. The van der Waals surface area contributed by atoms with E-state index in [1.54, 1.807) is 11.3 Å². The van der Waals surface area contributed by atoms with Gasteiger partial charge in [-0.3, -0.25) is 0 Å². The van der Waals surface area contributed by atoms with E-state index in [0.29, 0.717) is 6.54 Å². The zero-order chi connectivity index (χ0) is 9.26. The highest BCUT2D eigenvalue weighted by atomic mass is 35.5. The van der Waals surface area contributed by atoms with Gasteiger partial charge >= 0.3 is 0 Å². The number of fused-ring (bicyclic) bond motifs is 1. The smallest absolute Gasteiger partial charge is 0.0637 e. The van der Waals surface area contributed by atoms with E-state index in [1.165, 1.54) is 0 Å². The van der Waals surface area contributed by atoms with Gasteiger partial charge in [0.1, 0.15) is 0 Å². The molecule has 0 amide bonds. The van der Waals surface area contributed by atoms with Crippen molar-refractivity contribution in [1.29, 1.82) is 0 Å². The Kier molecular flexibility index (Phi) is 2.51. The van der Waals surface area contributed by atoms with E-state index >= 15 is 0 Å². The van der Waals surface area contributed by atoms with Crippen LogP contribution in [0.1, 0.15) is 4.88 Å². The van der Waals surface area contributed by atoms with Gasteiger partial charge < -0.3 is 5.21 Å². The van der Waals surface area contributed by atoms with Crippen molar-refractivity contribution in [2.75, 3.05) is 0 Å². The van der Waals surface area contributed by atoms with Gasteiger partial charge in [0, 0.05) is 15.0 Å². The Balaban J connectivity index is 2.60. The number of hydrogen-bond donors (Lipinski definition) is 2. The third kappa shape index (κ3) is 1.56. The molecule has 2 N–H and O–H groups in total. The van der Waals surface area contributed by atoms with Gasteiger partial charge in [0.25, 0.3) is 0 Å². The van der Waals surface area contributed by atoms with Crippen LogP contribution in [0.15, 0.2) is 24.3 Å². The zero-order valence-corrected chi connectivity index (χ0v) is 8.32. The average molecular weight is 214 g/mol. The third-order valence-electron chi connectivity index (χ3n) is 1.84. The van der Waals surface area contributed by atoms with Gasteiger partial charge in [0.05, 0.1) is 11.6 Å². The molecule has 1 heterocycles. The number of hydroxylamine groups is 1. The third-order valence-corrected chi connectivity index (χ3v) is 3.56. The highest BCUT2D eigenvalue weighted by Crippen LogP contribution is 2.34. The normalized spacial score (nSPS) is 10.9. The van der Waals surface area contributed by atoms with Gasteiger partial charge in [0.15, 0.2) is 0 Å². The monoisotopic (exact) mass is 213 g/mol. The Morgan fingerprint density at radius 1 is 1.38 bits per heavy atom. The Bertz CT molecular complexity index is 426. The topological polar surface area (TPSA) is 32.3 Å². The average Bonchev–Trinajstić information content (AvgIpc) is 2.46. The summed E-state index contributed by atoms with van der Waals surface area (Å²) in [6.45, 7) is 0.401. The second kappa shape index (κ2) is 3.64. The molecule has 4 heteroatoms. The van der Waals surface area contributed by atoms with E-state index in [0.717, 1.165) is 20.0 Å². The van der Waals surface area contributed by atoms with Crippen molar-refractivity contribution in [3.8, 4) is 0 Å². The quantitative estimate of drug-likeness (QED) is 0.752. The maximum Gasteiger partial charge on any atom is 0.0637 e. The van der Waals surface area contributed by atoms with Crippen LogP contribution in [0.5, 0.6) is 0 Å². The Morgan fingerprint density at radius 2 is 2.15 bits per heavy atom. The molecule has 0 aliphatic carbocycles. The van der Waals surface area contributed by atoms with Crippen LogP contribution in [0, 0.1) is 0 Å². The van der Waals surface area contributed by atoms with Gasteiger partial charge in [-0.15, -0.1) is 11.3 Å². The predicted molar refractivity (Wildman–Crippen MR) is 55.5 cm³/mol. The summed E-state index contributed by atoms with van der Waals surface area (Å²) in [5, 5.41) is 10.4. The zero-order valence-electron chi connectivity index (χ0n) is 6.75. The Morgan fingerprint density at radius 3 is 2.85 bits per heavy atom. The highest BCUT2D eigenvalue weighted by Gasteiger charge is 2.08. The molecule has 68 valence electrons. The predicted octanol–water partition coefficient (Wildman–Crippen LogP) is 3.03. The van der Waals surface area contributed by atoms with Gasteiger partial charge in [-0.05, 0) is 6.07 Å². The van der Waals surface area contributed by atoms with Crippen molar-refractivity contribution in [3.63, 3.8) is 0 Å². The van der Waals surface area contributed by atoms with Crippen molar-refractivity contribution in [3.05, 3.63) is 34.2 Å². The number of halogens is 1. The van der Waals surface area contributed by atoms with E-state index in [-0.39, 0.29) is 0 Å². The molecular formula is C9H8ClNOS. The summed E-state index contributed by atoms with van der Waals surface area (Å²) < 4.78 is 1.15. The van der Waals surface area contributed by atoms with Gasteiger partial charge in [-0.25, -0.2) is 5.48 Å². The molecule has 0 fully saturated rings. The fourth-order valence-corrected chi connectivity index (χ4v) is 2.68. The van der Waals surface area contributed by atoms with Gasteiger partial charge in [-0.2, -0.15) is 0 Å². The molecule has 0 saturated heterocycles. The SMILES string of the molecule is ONCc1sc2ccccc2c1Cl. The van der Waals surface area contributed by atoms with Crippen LogP contribution in [0.3, 0.4) is 0 Å². The van der Waals surface area contributed by atoms with Crippen molar-refractivity contribution in [2.24, 2.45) is 0 Å². The number of nitrogens with one attached hydrogen (secondary N) is 1. The molecule has 0 spiro atoms. The number of thiophene rings is 1. The first kappa shape index (κ1) is 8.97. The van der Waals surface area contributed by atoms with Gasteiger partial charge in [-0.1, -0.05) is 29.8 Å². The molecule has 1 aromatic heterocycles. The molecule has 0 radical (unpaired) electrons. The van der Waals surface area contributed by atoms with Crippen molar-refractivity contribution in [2.45, 2.75) is 6.54 Å². The largest absolute Gasteiger partial charge is 0.316 e. The maximum atomic E-state index is 8.57. The minimum Gasteiger partial charge on any atom is -0.316 e. The fraction of sp³-hybridized carbons (Fsp3) is 0.111. The second-order valence-corrected chi connectivity index (χ2v) is 4.18. The summed E-state index contributed by atoms with van der Waals surface area (Å²) in [5.41, 5.74) is 2.11. The first-order chi connectivity index (χ1) is 6.33. The van der Waals surface area contributed by atoms with Crippen LogP contribution in [-0.2, 0) is 6.54 Å². The molecule has 0 atom stereocenters. The van der Waals surface area contributed by atoms with Crippen LogP contribution in [0.4, 0.5) is 0 Å². The molecule has 2 aromatic rings. The minimum absolute atomic E-state index is 0.401. The van der Waals surface area contributed by atoms with Crippen molar-refractivity contribution < 1.29 is 5.21 Å². The summed E-state index contributed by atoms with van der Waals surface area (Å²) in [7, 11) is 0. The van der Waals surface area contributed by atoms with Gasteiger partial charge in [0.2, 0.25) is 0 Å². The molecule has 0 unspecified atom stereocenters. The fourth-order valence-electron chi connectivity index (χ4n) is 1.25. The van der Waals surface area contributed by atoms with Crippen LogP contribution < -0.4 is 5.48 Å². The molecule has 0 aliphatic heterocycles. The van der Waals surface area contributed by atoms with Crippen LogP contribution in [0.25, 0.3) is 10.1 Å². The van der Waals surface area contributed by atoms with E-state index < -0.39 is 0 Å². The first-order valence-corrected chi connectivity index (χ1v) is 5.05. The second-order valence-electron chi connectivity index (χ2n) is 2.67. The maximum absolute atomic E-state index is 8.57. The Hall–Kier alpha value is -0.610. The first-order valence-electron chi connectivity index (χ1n) is 3.86. The van der Waals surface area contributed by atoms with E-state index in [4.69, 9.17) is 16.8 Å². The number of hydrogen-bond acceptors (Lipinski definition) is 3. The summed E-state index contributed by atoms with van der Waals surface area (Å²) in [4.78, 5) is 0.963. The van der Waals surface area contributed by atoms with E-state index in [9.17, 15) is 0 Å². The molecule has 0 aliphatic rings. The molecule has 2 nitrogen and oxygen atoms in total. The summed E-state index contributed by atoms with van der Waals surface area (Å²) in [5.74, 6) is 0. The molecular weight excluding hydrogens is 206 g/mol. The molecule has 1 aromatic carbocycles. The summed E-state index contributed by atoms with van der Waals surface area (Å²) >= 11 is 7.69. The van der Waals surface area contributed by atoms with E-state index in [1.807, 2.05) is 24.3 Å². The number of rotatable bonds is 2. The molecule has 2 rings (SSSR count). The lowest BCUT2D eigenvalue weighted by Crippen LogP contribution is -2.04. The van der Waals surface area contributed by atoms with Crippen LogP contribution in [0.2, 0.25) is 5.02 Å². The lowest BCUT2D eigenvalue weighted by Gasteiger charge is -1.93. The lowest BCUT2D eigenvalue weighted by atomic mass is 10.2. The highest BCUT2D eigenvalue weighted by molar-refractivity contribution is 7.19. The molecule has 13 heavy (non-hydrogen) atoms. The van der Waals surface area contributed by atoms with Crippen LogP contribution >= 0.6 is 22.9 Å². The number of benzene rings is 1. The molecule has 0 saturated carbocycles. The minimum atomic E-state index is 0.401. The summed E-state index contributed by atoms with van der Waals surface area (Å²) in [6.07, 6.45) is 0. The van der Waals surface area contributed by atoms with Crippen LogP contribution in [-0.4, -0.2) is 5.21 Å². The van der Waals surface area contributed by atoms with Crippen molar-refractivity contribution >= 4 is 33.0 Å². The molecule has 0 bridgehead atoms. The lowest BCUT2D eigenvalue weighted by molar-refractivity contribution is 0.162. The van der Waals surface area contributed by atoms with E-state index in [2.05, 4.69) is 5.48 Å². The Labute approximate surface area is 84.7 Å². The summed E-state index contributed by atoms with van der Waals surface area (Å²) in [6, 6.07) is 7.93. The van der Waals surface area contributed by atoms with Crippen molar-refractivity contribution in [1.82, 2.24) is 5.48 Å².